The molecule has 0 atom stereocenters. The summed E-state index contributed by atoms with van der Waals surface area (Å²) in [7, 11) is -3.61. The van der Waals surface area contributed by atoms with Crippen molar-refractivity contribution in [2.45, 2.75) is 32.6 Å². The zero-order valence-corrected chi connectivity index (χ0v) is 13.2. The molecule has 0 saturated carbocycles. The van der Waals surface area contributed by atoms with Crippen molar-refractivity contribution >= 4 is 21.6 Å². The van der Waals surface area contributed by atoms with Gasteiger partial charge in [-0.1, -0.05) is 25.4 Å². The molecule has 0 unspecified atom stereocenters. The van der Waals surface area contributed by atoms with Crippen molar-refractivity contribution in [1.29, 1.82) is 0 Å². The molecule has 0 fully saturated rings. The molecule has 1 aromatic carbocycles. The van der Waals surface area contributed by atoms with Crippen molar-refractivity contribution in [2.24, 2.45) is 5.92 Å². The van der Waals surface area contributed by atoms with Crippen molar-refractivity contribution in [3.63, 3.8) is 0 Å². The zero-order chi connectivity index (χ0) is 14.6. The Morgan fingerprint density at radius 1 is 1.37 bits per heavy atom. The topological polar surface area (TPSA) is 55.4 Å². The Labute approximate surface area is 120 Å². The predicted octanol–water partition coefficient (Wildman–Crippen LogP) is 2.98. The van der Waals surface area contributed by atoms with E-state index in [1.165, 1.54) is 6.07 Å². The minimum absolute atomic E-state index is 0.0885. The van der Waals surface area contributed by atoms with Crippen molar-refractivity contribution in [1.82, 2.24) is 4.72 Å². The minimum atomic E-state index is -3.61. The number of hydrogen-bond acceptors (Lipinski definition) is 3. The van der Waals surface area contributed by atoms with Gasteiger partial charge in [0.1, 0.15) is 10.6 Å². The first-order valence-corrected chi connectivity index (χ1v) is 8.06. The molecule has 0 saturated heterocycles. The first-order valence-electron chi connectivity index (χ1n) is 6.20. The number of hydrogen-bond donors (Lipinski definition) is 1. The molecule has 108 valence electrons. The molecule has 0 aromatic heterocycles. The van der Waals surface area contributed by atoms with E-state index in [2.05, 4.69) is 4.72 Å². The lowest BCUT2D eigenvalue weighted by Crippen LogP contribution is -2.28. The standard InChI is InChI=1S/C13H20ClNO3S/c1-5-18-12-6-10(4)11(14)7-13(12)19(16,17)15-8-9(2)3/h6-7,9,15H,5,8H2,1-4H3. The van der Waals surface area contributed by atoms with Crippen LogP contribution in [-0.2, 0) is 10.0 Å². The van der Waals surface area contributed by atoms with Crippen LogP contribution in [0, 0.1) is 12.8 Å². The van der Waals surface area contributed by atoms with Crippen LogP contribution < -0.4 is 9.46 Å². The van der Waals surface area contributed by atoms with Gasteiger partial charge in [-0.25, -0.2) is 13.1 Å². The van der Waals surface area contributed by atoms with Crippen LogP contribution in [0.15, 0.2) is 17.0 Å². The number of halogens is 1. The lowest BCUT2D eigenvalue weighted by molar-refractivity contribution is 0.330. The Kier molecular flexibility index (Phi) is 5.64. The second-order valence-electron chi connectivity index (χ2n) is 4.73. The molecule has 4 nitrogen and oxygen atoms in total. The van der Waals surface area contributed by atoms with Gasteiger partial charge in [-0.15, -0.1) is 0 Å². The summed E-state index contributed by atoms with van der Waals surface area (Å²) < 4.78 is 32.4. The molecule has 0 amide bonds. The third kappa shape index (κ3) is 4.37. The molecule has 1 aromatic rings. The van der Waals surface area contributed by atoms with Crippen molar-refractivity contribution in [3.05, 3.63) is 22.7 Å². The van der Waals surface area contributed by atoms with Gasteiger partial charge in [0.05, 0.1) is 6.61 Å². The van der Waals surface area contributed by atoms with Gasteiger partial charge in [-0.3, -0.25) is 0 Å². The van der Waals surface area contributed by atoms with E-state index >= 15 is 0 Å². The highest BCUT2D eigenvalue weighted by Crippen LogP contribution is 2.30. The van der Waals surface area contributed by atoms with Gasteiger partial charge in [0.2, 0.25) is 10.0 Å². The molecule has 0 aliphatic carbocycles. The van der Waals surface area contributed by atoms with Crippen LogP contribution in [0.5, 0.6) is 5.75 Å². The van der Waals surface area contributed by atoms with Crippen LogP contribution >= 0.6 is 11.6 Å². The van der Waals surface area contributed by atoms with Gasteiger partial charge < -0.3 is 4.74 Å². The second kappa shape index (κ2) is 6.59. The highest BCUT2D eigenvalue weighted by Gasteiger charge is 2.21. The maximum absolute atomic E-state index is 12.2. The quantitative estimate of drug-likeness (QED) is 0.879. The fraction of sp³-hybridized carbons (Fsp3) is 0.538. The fourth-order valence-corrected chi connectivity index (χ4v) is 3.06. The number of benzene rings is 1. The first-order chi connectivity index (χ1) is 8.77. The summed E-state index contributed by atoms with van der Waals surface area (Å²) in [6, 6.07) is 3.08. The number of nitrogens with one attached hydrogen (secondary N) is 1. The molecule has 19 heavy (non-hydrogen) atoms. The van der Waals surface area contributed by atoms with E-state index in [0.717, 1.165) is 5.56 Å². The van der Waals surface area contributed by atoms with Crippen molar-refractivity contribution in [3.8, 4) is 5.75 Å². The summed E-state index contributed by atoms with van der Waals surface area (Å²) in [5, 5.41) is 0.411. The van der Waals surface area contributed by atoms with Crippen LogP contribution in [-0.4, -0.2) is 21.6 Å². The van der Waals surface area contributed by atoms with Crippen molar-refractivity contribution < 1.29 is 13.2 Å². The Morgan fingerprint density at radius 2 is 2.00 bits per heavy atom. The average Bonchev–Trinajstić information content (AvgIpc) is 2.31. The lowest BCUT2D eigenvalue weighted by Gasteiger charge is -2.14. The van der Waals surface area contributed by atoms with E-state index in [-0.39, 0.29) is 10.8 Å². The smallest absolute Gasteiger partial charge is 0.244 e. The van der Waals surface area contributed by atoms with Gasteiger partial charge in [0.15, 0.2) is 0 Å². The Bertz CT molecular complexity index is 541. The highest BCUT2D eigenvalue weighted by molar-refractivity contribution is 7.89. The SMILES string of the molecule is CCOc1cc(C)c(Cl)cc1S(=O)(=O)NCC(C)C. The van der Waals surface area contributed by atoms with Gasteiger partial charge >= 0.3 is 0 Å². The minimum Gasteiger partial charge on any atom is -0.492 e. The Morgan fingerprint density at radius 3 is 2.53 bits per heavy atom. The number of sulfonamides is 1. The van der Waals surface area contributed by atoms with Crippen LogP contribution in [0.1, 0.15) is 26.3 Å². The molecule has 6 heteroatoms. The van der Waals surface area contributed by atoms with Gasteiger partial charge in [-0.05, 0) is 37.5 Å². The fourth-order valence-electron chi connectivity index (χ4n) is 1.47. The second-order valence-corrected chi connectivity index (χ2v) is 6.87. The number of aryl methyl sites for hydroxylation is 1. The summed E-state index contributed by atoms with van der Waals surface area (Å²) in [5.74, 6) is 0.562. The summed E-state index contributed by atoms with van der Waals surface area (Å²) in [6.45, 7) is 8.26. The van der Waals surface area contributed by atoms with E-state index in [1.54, 1.807) is 6.07 Å². The monoisotopic (exact) mass is 305 g/mol. The van der Waals surface area contributed by atoms with E-state index < -0.39 is 10.0 Å². The van der Waals surface area contributed by atoms with E-state index in [4.69, 9.17) is 16.3 Å². The lowest BCUT2D eigenvalue weighted by atomic mass is 10.2. The molecule has 0 spiro atoms. The molecule has 0 bridgehead atoms. The molecule has 0 radical (unpaired) electrons. The molecular weight excluding hydrogens is 286 g/mol. The third-order valence-electron chi connectivity index (χ3n) is 2.50. The van der Waals surface area contributed by atoms with E-state index in [1.807, 2.05) is 27.7 Å². The predicted molar refractivity (Wildman–Crippen MR) is 77.4 cm³/mol. The average molecular weight is 306 g/mol. The van der Waals surface area contributed by atoms with Crippen LogP contribution in [0.2, 0.25) is 5.02 Å². The Balaban J connectivity index is 3.20. The summed E-state index contributed by atoms with van der Waals surface area (Å²) >= 11 is 6.01. The van der Waals surface area contributed by atoms with E-state index in [0.29, 0.717) is 23.9 Å². The van der Waals surface area contributed by atoms with Gasteiger partial charge in [0.25, 0.3) is 0 Å². The maximum atomic E-state index is 12.2. The maximum Gasteiger partial charge on any atom is 0.244 e. The van der Waals surface area contributed by atoms with E-state index in [9.17, 15) is 8.42 Å². The first kappa shape index (κ1) is 16.3. The molecule has 0 heterocycles. The molecular formula is C13H20ClNO3S. The molecule has 1 rings (SSSR count). The van der Waals surface area contributed by atoms with Gasteiger partial charge in [0, 0.05) is 11.6 Å². The van der Waals surface area contributed by atoms with Gasteiger partial charge in [-0.2, -0.15) is 0 Å². The largest absolute Gasteiger partial charge is 0.492 e. The number of ether oxygens (including phenoxy) is 1. The Hall–Kier alpha value is -0.780. The summed E-state index contributed by atoms with van der Waals surface area (Å²) in [6.07, 6.45) is 0. The summed E-state index contributed by atoms with van der Waals surface area (Å²) in [4.78, 5) is 0.0885. The molecule has 0 aliphatic rings. The van der Waals surface area contributed by atoms with Crippen LogP contribution in [0.3, 0.4) is 0 Å². The van der Waals surface area contributed by atoms with Crippen LogP contribution in [0.4, 0.5) is 0 Å². The van der Waals surface area contributed by atoms with Crippen molar-refractivity contribution in [2.75, 3.05) is 13.2 Å². The van der Waals surface area contributed by atoms with Crippen LogP contribution in [0.25, 0.3) is 0 Å². The third-order valence-corrected chi connectivity index (χ3v) is 4.35. The molecule has 1 N–H and O–H groups in total. The highest BCUT2D eigenvalue weighted by atomic mass is 35.5. The zero-order valence-electron chi connectivity index (χ0n) is 11.7. The normalized spacial score (nSPS) is 11.9. The summed E-state index contributed by atoms with van der Waals surface area (Å²) in [5.41, 5.74) is 0.785. The molecule has 0 aliphatic heterocycles. The number of rotatable bonds is 6.